The van der Waals surface area contributed by atoms with Crippen LogP contribution in [0.2, 0.25) is 0 Å². The van der Waals surface area contributed by atoms with Crippen LogP contribution >= 0.6 is 0 Å². The third-order valence-corrected chi connectivity index (χ3v) is 4.93. The van der Waals surface area contributed by atoms with Crippen molar-refractivity contribution in [3.05, 3.63) is 35.5 Å². The van der Waals surface area contributed by atoms with E-state index in [-0.39, 0.29) is 18.6 Å². The second-order valence-corrected chi connectivity index (χ2v) is 6.28. The molecule has 0 spiro atoms. The highest BCUT2D eigenvalue weighted by atomic mass is 16.7. The summed E-state index contributed by atoms with van der Waals surface area (Å²) in [6, 6.07) is 6.19. The molecule has 0 saturated carbocycles. The van der Waals surface area contributed by atoms with E-state index in [4.69, 9.17) is 9.47 Å². The third kappa shape index (κ3) is 2.33. The van der Waals surface area contributed by atoms with Crippen molar-refractivity contribution in [2.75, 3.05) is 12.1 Å². The van der Waals surface area contributed by atoms with Crippen LogP contribution < -0.4 is 14.8 Å². The lowest BCUT2D eigenvalue weighted by Crippen LogP contribution is -2.25. The zero-order valence-corrected chi connectivity index (χ0v) is 13.9. The summed E-state index contributed by atoms with van der Waals surface area (Å²) in [5.74, 6) is 2.35. The molecule has 0 bridgehead atoms. The molecule has 0 fully saturated rings. The Labute approximate surface area is 140 Å². The van der Waals surface area contributed by atoms with Crippen LogP contribution in [-0.2, 0) is 4.79 Å². The van der Waals surface area contributed by atoms with Gasteiger partial charge in [-0.1, -0.05) is 19.9 Å². The Balaban J connectivity index is 1.75. The lowest BCUT2D eigenvalue weighted by atomic mass is 9.87. The van der Waals surface area contributed by atoms with Gasteiger partial charge in [0.2, 0.25) is 12.7 Å². The molecule has 2 aliphatic heterocycles. The summed E-state index contributed by atoms with van der Waals surface area (Å²) in [6.07, 6.45) is 4.27. The average molecular weight is 327 g/mol. The van der Waals surface area contributed by atoms with Crippen LogP contribution in [0.1, 0.15) is 56.2 Å². The van der Waals surface area contributed by atoms with E-state index >= 15 is 0 Å². The molecule has 0 radical (unpaired) electrons. The monoisotopic (exact) mass is 327 g/mol. The van der Waals surface area contributed by atoms with Gasteiger partial charge in [0.05, 0.1) is 12.2 Å². The van der Waals surface area contributed by atoms with Gasteiger partial charge in [-0.3, -0.25) is 4.79 Å². The van der Waals surface area contributed by atoms with Crippen LogP contribution in [0.5, 0.6) is 11.5 Å². The lowest BCUT2D eigenvalue weighted by molar-refractivity contribution is -0.116. The van der Waals surface area contributed by atoms with Crippen molar-refractivity contribution in [2.45, 2.75) is 45.1 Å². The van der Waals surface area contributed by atoms with Crippen LogP contribution in [0.4, 0.5) is 5.82 Å². The molecule has 1 N–H and O–H groups in total. The maximum absolute atomic E-state index is 12.3. The lowest BCUT2D eigenvalue weighted by Gasteiger charge is -2.25. The predicted molar refractivity (Wildman–Crippen MR) is 89.5 cm³/mol. The summed E-state index contributed by atoms with van der Waals surface area (Å²) in [5, 5.41) is 7.58. The molecule has 4 rings (SSSR count). The third-order valence-electron chi connectivity index (χ3n) is 4.93. The van der Waals surface area contributed by atoms with Crippen LogP contribution in [0.3, 0.4) is 0 Å². The summed E-state index contributed by atoms with van der Waals surface area (Å²) in [4.78, 5) is 12.3. The Morgan fingerprint density at radius 3 is 2.88 bits per heavy atom. The molecule has 6 heteroatoms. The van der Waals surface area contributed by atoms with Crippen molar-refractivity contribution in [1.29, 1.82) is 0 Å². The topological polar surface area (TPSA) is 65.4 Å². The van der Waals surface area contributed by atoms with Gasteiger partial charge in [-0.15, -0.1) is 0 Å². The van der Waals surface area contributed by atoms with Gasteiger partial charge in [0.25, 0.3) is 0 Å². The van der Waals surface area contributed by atoms with Crippen molar-refractivity contribution in [1.82, 2.24) is 9.78 Å². The van der Waals surface area contributed by atoms with E-state index in [1.54, 1.807) is 0 Å². The molecule has 2 aromatic rings. The highest BCUT2D eigenvalue weighted by Crippen LogP contribution is 2.42. The van der Waals surface area contributed by atoms with Crippen LogP contribution in [0, 0.1) is 0 Å². The Morgan fingerprint density at radius 2 is 2.08 bits per heavy atom. The molecule has 3 heterocycles. The molecule has 1 aromatic carbocycles. The van der Waals surface area contributed by atoms with Gasteiger partial charge in [-0.05, 0) is 30.5 Å². The summed E-state index contributed by atoms with van der Waals surface area (Å²) in [7, 11) is 0. The molecule has 1 unspecified atom stereocenters. The number of nitrogens with zero attached hydrogens (tertiary/aromatic N) is 2. The first kappa shape index (κ1) is 15.1. The van der Waals surface area contributed by atoms with E-state index in [0.717, 1.165) is 41.3 Å². The fourth-order valence-corrected chi connectivity index (χ4v) is 3.58. The molecule has 1 atom stereocenters. The summed E-state index contributed by atoms with van der Waals surface area (Å²) >= 11 is 0. The van der Waals surface area contributed by atoms with E-state index in [2.05, 4.69) is 24.3 Å². The van der Waals surface area contributed by atoms with Crippen LogP contribution in [-0.4, -0.2) is 22.5 Å². The molecule has 126 valence electrons. The Bertz CT molecular complexity index is 780. The zero-order chi connectivity index (χ0) is 16.7. The number of rotatable bonds is 4. The number of hydrogen-bond donors (Lipinski definition) is 1. The fraction of sp³-hybridized carbons (Fsp3) is 0.444. The van der Waals surface area contributed by atoms with Crippen molar-refractivity contribution in [3.63, 3.8) is 0 Å². The number of anilines is 1. The zero-order valence-electron chi connectivity index (χ0n) is 13.9. The molecule has 2 aliphatic rings. The number of carbonyl (C=O) groups is 1. The summed E-state index contributed by atoms with van der Waals surface area (Å²) in [6.45, 7) is 4.53. The molecule has 0 saturated heterocycles. The predicted octanol–water partition coefficient (Wildman–Crippen LogP) is 3.45. The summed E-state index contributed by atoms with van der Waals surface area (Å²) < 4.78 is 12.8. The molecular formula is C18H21N3O3. The highest BCUT2D eigenvalue weighted by molar-refractivity contribution is 5.94. The largest absolute Gasteiger partial charge is 0.454 e. The number of hydrogen-bond acceptors (Lipinski definition) is 4. The standard InChI is InChI=1S/C18H21N3O3/c1-3-12(4-2)21-18-14(9-19-21)13(8-17(22)20-18)11-5-6-15-16(7-11)24-10-23-15/h5-7,9,12-13H,3-4,8,10H2,1-2H3,(H,20,22). The minimum absolute atomic E-state index is 0.00800. The van der Waals surface area contributed by atoms with Crippen molar-refractivity contribution in [3.8, 4) is 11.5 Å². The molecular weight excluding hydrogens is 306 g/mol. The van der Waals surface area contributed by atoms with E-state index in [9.17, 15) is 4.79 Å². The number of carbonyl (C=O) groups excluding carboxylic acids is 1. The number of nitrogens with one attached hydrogen (secondary N) is 1. The van der Waals surface area contributed by atoms with Crippen molar-refractivity contribution in [2.24, 2.45) is 0 Å². The van der Waals surface area contributed by atoms with E-state index in [0.29, 0.717) is 12.5 Å². The first-order valence-corrected chi connectivity index (χ1v) is 8.48. The second kappa shape index (κ2) is 5.85. The number of fused-ring (bicyclic) bond motifs is 2. The van der Waals surface area contributed by atoms with E-state index in [1.165, 1.54) is 0 Å². The summed E-state index contributed by atoms with van der Waals surface area (Å²) in [5.41, 5.74) is 2.12. The van der Waals surface area contributed by atoms with Gasteiger partial charge in [0.1, 0.15) is 5.82 Å². The Morgan fingerprint density at radius 1 is 1.29 bits per heavy atom. The molecule has 6 nitrogen and oxygen atoms in total. The second-order valence-electron chi connectivity index (χ2n) is 6.28. The van der Waals surface area contributed by atoms with Gasteiger partial charge < -0.3 is 14.8 Å². The number of benzene rings is 1. The Hall–Kier alpha value is -2.50. The normalized spacial score (nSPS) is 18.6. The quantitative estimate of drug-likeness (QED) is 0.934. The van der Waals surface area contributed by atoms with E-state index < -0.39 is 0 Å². The SMILES string of the molecule is CCC(CC)n1ncc2c1NC(=O)CC2c1ccc2c(c1)OCO2. The minimum Gasteiger partial charge on any atom is -0.454 e. The minimum atomic E-state index is -0.00800. The first-order valence-electron chi connectivity index (χ1n) is 8.48. The molecule has 1 aromatic heterocycles. The van der Waals surface area contributed by atoms with Crippen LogP contribution in [0.15, 0.2) is 24.4 Å². The number of aromatic nitrogens is 2. The number of amides is 1. The first-order chi connectivity index (χ1) is 11.7. The smallest absolute Gasteiger partial charge is 0.231 e. The molecule has 24 heavy (non-hydrogen) atoms. The van der Waals surface area contributed by atoms with E-state index in [1.807, 2.05) is 29.1 Å². The van der Waals surface area contributed by atoms with Gasteiger partial charge in [-0.2, -0.15) is 5.10 Å². The number of ether oxygens (including phenoxy) is 2. The van der Waals surface area contributed by atoms with Gasteiger partial charge in [0, 0.05) is 17.9 Å². The maximum Gasteiger partial charge on any atom is 0.231 e. The van der Waals surface area contributed by atoms with Gasteiger partial charge >= 0.3 is 0 Å². The Kier molecular flexibility index (Phi) is 3.67. The maximum atomic E-state index is 12.3. The fourth-order valence-electron chi connectivity index (χ4n) is 3.58. The van der Waals surface area contributed by atoms with Crippen molar-refractivity contribution >= 4 is 11.7 Å². The molecule has 0 aliphatic carbocycles. The van der Waals surface area contributed by atoms with Crippen LogP contribution in [0.25, 0.3) is 0 Å². The highest BCUT2D eigenvalue weighted by Gasteiger charge is 2.32. The van der Waals surface area contributed by atoms with Crippen molar-refractivity contribution < 1.29 is 14.3 Å². The molecule has 1 amide bonds. The van der Waals surface area contributed by atoms with Gasteiger partial charge in [-0.25, -0.2) is 4.68 Å². The average Bonchev–Trinajstić information content (AvgIpc) is 3.22. The van der Waals surface area contributed by atoms with Gasteiger partial charge in [0.15, 0.2) is 11.5 Å².